The molecule has 0 aliphatic carbocycles. The van der Waals surface area contributed by atoms with E-state index in [4.69, 9.17) is 9.47 Å². The summed E-state index contributed by atoms with van der Waals surface area (Å²) in [6.07, 6.45) is 0.393. The fraction of sp³-hybridized carbons (Fsp3) is 0.538. The third kappa shape index (κ3) is 6.61. The van der Waals surface area contributed by atoms with Gasteiger partial charge in [0, 0.05) is 32.7 Å². The van der Waals surface area contributed by atoms with Crippen molar-refractivity contribution >= 4 is 11.7 Å². The largest absolute Gasteiger partial charge is 0.478 e. The average molecular weight is 267 g/mol. The Morgan fingerprint density at radius 1 is 1.37 bits per heavy atom. The lowest BCUT2D eigenvalue weighted by atomic mass is 10.3. The van der Waals surface area contributed by atoms with E-state index in [0.29, 0.717) is 44.4 Å². The van der Waals surface area contributed by atoms with Crippen molar-refractivity contribution in [3.63, 3.8) is 0 Å². The van der Waals surface area contributed by atoms with Crippen molar-refractivity contribution < 1.29 is 14.3 Å². The number of aromatic nitrogens is 1. The Morgan fingerprint density at radius 2 is 2.21 bits per heavy atom. The molecule has 0 saturated heterocycles. The molecule has 0 aliphatic heterocycles. The fourth-order valence-electron chi connectivity index (χ4n) is 1.43. The summed E-state index contributed by atoms with van der Waals surface area (Å²) in [5, 5.41) is 5.83. The lowest BCUT2D eigenvalue weighted by Crippen LogP contribution is -2.28. The summed E-state index contributed by atoms with van der Waals surface area (Å²) in [4.78, 5) is 15.7. The number of anilines is 1. The van der Waals surface area contributed by atoms with Crippen molar-refractivity contribution in [2.75, 3.05) is 38.7 Å². The van der Waals surface area contributed by atoms with E-state index in [0.717, 1.165) is 0 Å². The highest BCUT2D eigenvalue weighted by molar-refractivity contribution is 5.76. The van der Waals surface area contributed by atoms with Gasteiger partial charge < -0.3 is 20.1 Å². The molecule has 1 rings (SSSR count). The highest BCUT2D eigenvalue weighted by Crippen LogP contribution is 2.10. The van der Waals surface area contributed by atoms with E-state index < -0.39 is 0 Å². The van der Waals surface area contributed by atoms with Gasteiger partial charge in [-0.25, -0.2) is 0 Å². The summed E-state index contributed by atoms with van der Waals surface area (Å²) < 4.78 is 10.1. The number of ether oxygens (including phenoxy) is 2. The molecule has 0 spiro atoms. The Hall–Kier alpha value is -1.82. The number of rotatable bonds is 9. The zero-order chi connectivity index (χ0) is 13.9. The van der Waals surface area contributed by atoms with Gasteiger partial charge in [-0.2, -0.15) is 4.98 Å². The summed E-state index contributed by atoms with van der Waals surface area (Å²) in [7, 11) is 1.60. The third-order valence-electron chi connectivity index (χ3n) is 2.30. The van der Waals surface area contributed by atoms with Crippen molar-refractivity contribution in [1.82, 2.24) is 10.3 Å². The Kier molecular flexibility index (Phi) is 7.34. The van der Waals surface area contributed by atoms with Crippen molar-refractivity contribution in [2.45, 2.75) is 13.3 Å². The molecule has 0 fully saturated rings. The van der Waals surface area contributed by atoms with Crippen LogP contribution in [0.15, 0.2) is 18.2 Å². The predicted molar refractivity (Wildman–Crippen MR) is 73.4 cm³/mol. The molecule has 1 aromatic heterocycles. The molecule has 1 amide bonds. The molecule has 106 valence electrons. The number of pyridine rings is 1. The summed E-state index contributed by atoms with van der Waals surface area (Å²) in [5.74, 6) is 1.28. The zero-order valence-corrected chi connectivity index (χ0v) is 11.4. The first-order chi connectivity index (χ1) is 9.26. The highest BCUT2D eigenvalue weighted by atomic mass is 16.5. The van der Waals surface area contributed by atoms with E-state index in [1.54, 1.807) is 13.2 Å². The Bertz CT molecular complexity index is 385. The van der Waals surface area contributed by atoms with Crippen LogP contribution in [0.3, 0.4) is 0 Å². The van der Waals surface area contributed by atoms with Gasteiger partial charge in [0.1, 0.15) is 5.82 Å². The maximum absolute atomic E-state index is 11.4. The molecule has 6 heteroatoms. The molecular formula is C13H21N3O3. The number of amides is 1. The van der Waals surface area contributed by atoms with E-state index >= 15 is 0 Å². The van der Waals surface area contributed by atoms with Crippen LogP contribution < -0.4 is 15.4 Å². The maximum Gasteiger partial charge on any atom is 0.221 e. The molecular weight excluding hydrogens is 246 g/mol. The third-order valence-corrected chi connectivity index (χ3v) is 2.30. The number of nitrogens with one attached hydrogen (secondary N) is 2. The van der Waals surface area contributed by atoms with Crippen LogP contribution in [0.1, 0.15) is 13.3 Å². The fourth-order valence-corrected chi connectivity index (χ4v) is 1.43. The number of hydrogen-bond acceptors (Lipinski definition) is 5. The second kappa shape index (κ2) is 9.16. The van der Waals surface area contributed by atoms with Gasteiger partial charge in [-0.1, -0.05) is 6.07 Å². The molecule has 0 aliphatic rings. The van der Waals surface area contributed by atoms with Gasteiger partial charge in [-0.3, -0.25) is 4.79 Å². The van der Waals surface area contributed by atoms with Gasteiger partial charge >= 0.3 is 0 Å². The van der Waals surface area contributed by atoms with Gasteiger partial charge in [-0.15, -0.1) is 0 Å². The van der Waals surface area contributed by atoms with Gasteiger partial charge in [0.2, 0.25) is 11.8 Å². The molecule has 1 aromatic rings. The second-order valence-corrected chi connectivity index (χ2v) is 3.81. The van der Waals surface area contributed by atoms with Gasteiger partial charge in [0.15, 0.2) is 0 Å². The average Bonchev–Trinajstić information content (AvgIpc) is 2.40. The molecule has 19 heavy (non-hydrogen) atoms. The minimum Gasteiger partial charge on any atom is -0.478 e. The normalized spacial score (nSPS) is 10.0. The molecule has 0 bridgehead atoms. The minimum absolute atomic E-state index is 0.00878. The van der Waals surface area contributed by atoms with Crippen molar-refractivity contribution in [2.24, 2.45) is 0 Å². The molecule has 0 radical (unpaired) electrons. The smallest absolute Gasteiger partial charge is 0.221 e. The quantitative estimate of drug-likeness (QED) is 0.654. The molecule has 0 atom stereocenters. The van der Waals surface area contributed by atoms with Crippen LogP contribution in [0.2, 0.25) is 0 Å². The van der Waals surface area contributed by atoms with Gasteiger partial charge in [0.05, 0.1) is 13.2 Å². The predicted octanol–water partition coefficient (Wildman–Crippen LogP) is 1.04. The van der Waals surface area contributed by atoms with Crippen molar-refractivity contribution in [3.8, 4) is 5.88 Å². The Labute approximate surface area is 113 Å². The first-order valence-corrected chi connectivity index (χ1v) is 6.35. The van der Waals surface area contributed by atoms with Gasteiger partial charge in [0.25, 0.3) is 0 Å². The number of hydrogen-bond donors (Lipinski definition) is 2. The topological polar surface area (TPSA) is 72.5 Å². The number of carbonyl (C=O) groups excluding carboxylic acids is 1. The van der Waals surface area contributed by atoms with Crippen LogP contribution in [0.5, 0.6) is 5.88 Å². The maximum atomic E-state index is 11.4. The molecule has 1 heterocycles. The van der Waals surface area contributed by atoms with E-state index in [1.165, 1.54) is 0 Å². The standard InChI is InChI=1S/C13H21N3O3/c1-3-19-13-6-4-5-11(16-13)14-8-7-12(17)15-9-10-18-2/h4-6H,3,7-10H2,1-2H3,(H,14,16)(H,15,17). The zero-order valence-electron chi connectivity index (χ0n) is 11.4. The summed E-state index contributed by atoms with van der Waals surface area (Å²) in [6.45, 7) is 4.08. The summed E-state index contributed by atoms with van der Waals surface area (Å²) in [5.41, 5.74) is 0. The van der Waals surface area contributed by atoms with Crippen LogP contribution in [-0.4, -0.2) is 44.3 Å². The molecule has 0 aromatic carbocycles. The van der Waals surface area contributed by atoms with Crippen LogP contribution in [-0.2, 0) is 9.53 Å². The SMILES string of the molecule is CCOc1cccc(NCCC(=O)NCCOC)n1. The Balaban J connectivity index is 2.24. The number of methoxy groups -OCH3 is 1. The Morgan fingerprint density at radius 3 is 2.95 bits per heavy atom. The number of carbonyl (C=O) groups is 1. The number of nitrogens with zero attached hydrogens (tertiary/aromatic N) is 1. The lowest BCUT2D eigenvalue weighted by Gasteiger charge is -2.08. The van der Waals surface area contributed by atoms with Crippen molar-refractivity contribution in [1.29, 1.82) is 0 Å². The second-order valence-electron chi connectivity index (χ2n) is 3.81. The monoisotopic (exact) mass is 267 g/mol. The first-order valence-electron chi connectivity index (χ1n) is 6.35. The molecule has 6 nitrogen and oxygen atoms in total. The highest BCUT2D eigenvalue weighted by Gasteiger charge is 2.01. The van der Waals surface area contributed by atoms with Crippen molar-refractivity contribution in [3.05, 3.63) is 18.2 Å². The van der Waals surface area contributed by atoms with E-state index in [2.05, 4.69) is 15.6 Å². The van der Waals surface area contributed by atoms with E-state index in [9.17, 15) is 4.79 Å². The van der Waals surface area contributed by atoms with Crippen LogP contribution in [0.4, 0.5) is 5.82 Å². The van der Waals surface area contributed by atoms with Gasteiger partial charge in [-0.05, 0) is 13.0 Å². The molecule has 2 N–H and O–H groups in total. The lowest BCUT2D eigenvalue weighted by molar-refractivity contribution is -0.121. The van der Waals surface area contributed by atoms with Crippen LogP contribution in [0.25, 0.3) is 0 Å². The van der Waals surface area contributed by atoms with Crippen LogP contribution >= 0.6 is 0 Å². The van der Waals surface area contributed by atoms with E-state index in [1.807, 2.05) is 19.1 Å². The summed E-state index contributed by atoms with van der Waals surface area (Å²) in [6, 6.07) is 5.50. The molecule has 0 saturated carbocycles. The molecule has 0 unspecified atom stereocenters. The van der Waals surface area contributed by atoms with Crippen LogP contribution in [0, 0.1) is 0 Å². The first kappa shape index (κ1) is 15.2. The van der Waals surface area contributed by atoms with E-state index in [-0.39, 0.29) is 5.91 Å². The summed E-state index contributed by atoms with van der Waals surface area (Å²) >= 11 is 0. The minimum atomic E-state index is -0.00878.